The van der Waals surface area contributed by atoms with Crippen LogP contribution >= 0.6 is 0 Å². The average Bonchev–Trinajstić information content (AvgIpc) is 3.14. The second kappa shape index (κ2) is 6.22. The molecule has 0 spiro atoms. The summed E-state index contributed by atoms with van der Waals surface area (Å²) in [4.78, 5) is 26.1. The van der Waals surface area contributed by atoms with Crippen LogP contribution in [0.2, 0.25) is 0 Å². The number of amides is 1. The first-order valence-corrected chi connectivity index (χ1v) is 8.86. The van der Waals surface area contributed by atoms with Gasteiger partial charge in [0.05, 0.1) is 18.0 Å². The van der Waals surface area contributed by atoms with Gasteiger partial charge in [0.25, 0.3) is 0 Å². The summed E-state index contributed by atoms with van der Waals surface area (Å²) in [5, 5.41) is 13.9. The number of nitrogens with zero attached hydrogens (tertiary/aromatic N) is 3. The van der Waals surface area contributed by atoms with Crippen molar-refractivity contribution in [2.24, 2.45) is 11.8 Å². The quantitative estimate of drug-likeness (QED) is 0.896. The molecule has 2 aliphatic rings. The lowest BCUT2D eigenvalue weighted by molar-refractivity contribution is -0.143. The van der Waals surface area contributed by atoms with E-state index in [4.69, 9.17) is 0 Å². The number of aryl methyl sites for hydroxylation is 1. The van der Waals surface area contributed by atoms with Crippen molar-refractivity contribution in [2.75, 3.05) is 0 Å². The Morgan fingerprint density at radius 2 is 2.00 bits per heavy atom. The maximum Gasteiger partial charge on any atom is 0.308 e. The topological polar surface area (TPSA) is 75.4 Å². The maximum atomic E-state index is 12.9. The van der Waals surface area contributed by atoms with Crippen molar-refractivity contribution >= 4 is 11.9 Å². The van der Waals surface area contributed by atoms with Gasteiger partial charge in [0.15, 0.2) is 0 Å². The molecule has 1 aromatic heterocycles. The molecule has 0 radical (unpaired) electrons. The van der Waals surface area contributed by atoms with E-state index in [9.17, 15) is 14.7 Å². The molecule has 1 N–H and O–H groups in total. The van der Waals surface area contributed by atoms with Crippen molar-refractivity contribution in [3.8, 4) is 0 Å². The zero-order chi connectivity index (χ0) is 17.6. The van der Waals surface area contributed by atoms with Crippen LogP contribution in [-0.2, 0) is 22.6 Å². The van der Waals surface area contributed by atoms with Crippen molar-refractivity contribution in [1.82, 2.24) is 14.7 Å². The SMILES string of the molecule is Cc1nn(CC(C)C)c(C)c1CC(=O)N1C2CCC1C(C(=O)O)C2. The predicted molar refractivity (Wildman–Crippen MR) is 89.6 cm³/mol. The summed E-state index contributed by atoms with van der Waals surface area (Å²) in [6, 6.07) is -0.0127. The van der Waals surface area contributed by atoms with Crippen molar-refractivity contribution in [3.63, 3.8) is 0 Å². The van der Waals surface area contributed by atoms with Crippen LogP contribution in [0.4, 0.5) is 0 Å². The monoisotopic (exact) mass is 333 g/mol. The molecular weight excluding hydrogens is 306 g/mol. The molecule has 2 fully saturated rings. The summed E-state index contributed by atoms with van der Waals surface area (Å²) in [6.07, 6.45) is 2.69. The molecule has 0 saturated carbocycles. The molecule has 6 nitrogen and oxygen atoms in total. The van der Waals surface area contributed by atoms with Gasteiger partial charge in [-0.2, -0.15) is 5.10 Å². The minimum absolute atomic E-state index is 0.0570. The first kappa shape index (κ1) is 17.0. The summed E-state index contributed by atoms with van der Waals surface area (Å²) in [5.74, 6) is -0.602. The van der Waals surface area contributed by atoms with Gasteiger partial charge >= 0.3 is 5.97 Å². The normalized spacial score (nSPS) is 25.7. The smallest absolute Gasteiger partial charge is 0.308 e. The Morgan fingerprint density at radius 3 is 2.58 bits per heavy atom. The van der Waals surface area contributed by atoms with E-state index in [1.807, 2.05) is 23.4 Å². The van der Waals surface area contributed by atoms with Gasteiger partial charge in [0.1, 0.15) is 0 Å². The van der Waals surface area contributed by atoms with Crippen LogP contribution in [0, 0.1) is 25.7 Å². The minimum Gasteiger partial charge on any atom is -0.481 e. The molecule has 24 heavy (non-hydrogen) atoms. The fraction of sp³-hybridized carbons (Fsp3) is 0.722. The molecule has 0 aliphatic carbocycles. The van der Waals surface area contributed by atoms with Crippen molar-refractivity contribution in [2.45, 2.75) is 72.0 Å². The van der Waals surface area contributed by atoms with E-state index < -0.39 is 11.9 Å². The van der Waals surface area contributed by atoms with Gasteiger partial charge in [0.2, 0.25) is 5.91 Å². The van der Waals surface area contributed by atoms with E-state index in [1.165, 1.54) is 0 Å². The summed E-state index contributed by atoms with van der Waals surface area (Å²) in [5.41, 5.74) is 2.96. The number of rotatable bonds is 5. The minimum atomic E-state index is -0.767. The fourth-order valence-corrected chi connectivity index (χ4v) is 4.40. The molecule has 3 unspecified atom stereocenters. The average molecular weight is 333 g/mol. The summed E-state index contributed by atoms with van der Waals surface area (Å²) in [6.45, 7) is 9.11. The molecule has 132 valence electrons. The van der Waals surface area contributed by atoms with Crippen molar-refractivity contribution in [1.29, 1.82) is 0 Å². The highest BCUT2D eigenvalue weighted by atomic mass is 16.4. The van der Waals surface area contributed by atoms with Gasteiger partial charge in [0, 0.05) is 29.9 Å². The summed E-state index contributed by atoms with van der Waals surface area (Å²) < 4.78 is 1.99. The largest absolute Gasteiger partial charge is 0.481 e. The number of aliphatic carboxylic acids is 1. The third-order valence-electron chi connectivity index (χ3n) is 5.54. The van der Waals surface area contributed by atoms with Crippen LogP contribution in [0.15, 0.2) is 0 Å². The van der Waals surface area contributed by atoms with E-state index >= 15 is 0 Å². The molecule has 2 aliphatic heterocycles. The van der Waals surface area contributed by atoms with Crippen molar-refractivity contribution in [3.05, 3.63) is 17.0 Å². The van der Waals surface area contributed by atoms with E-state index in [2.05, 4.69) is 18.9 Å². The highest BCUT2D eigenvalue weighted by Gasteiger charge is 2.51. The molecular formula is C18H27N3O3. The van der Waals surface area contributed by atoms with Gasteiger partial charge in [-0.1, -0.05) is 13.8 Å². The third kappa shape index (κ3) is 2.82. The third-order valence-corrected chi connectivity index (χ3v) is 5.54. The Bertz CT molecular complexity index is 665. The second-order valence-electron chi connectivity index (χ2n) is 7.68. The Balaban J connectivity index is 1.77. The number of carbonyl (C=O) groups is 2. The molecule has 1 amide bonds. The number of carbonyl (C=O) groups excluding carboxylic acids is 1. The number of hydrogen-bond acceptors (Lipinski definition) is 3. The lowest BCUT2D eigenvalue weighted by Crippen LogP contribution is -2.38. The molecule has 3 rings (SSSR count). The Hall–Kier alpha value is -1.85. The molecule has 6 heteroatoms. The molecule has 1 aromatic rings. The number of carboxylic acids is 1. The van der Waals surface area contributed by atoms with Crippen LogP contribution in [0.1, 0.15) is 50.1 Å². The fourth-order valence-electron chi connectivity index (χ4n) is 4.40. The number of carboxylic acid groups (broad SMARTS) is 1. The second-order valence-corrected chi connectivity index (χ2v) is 7.68. The number of hydrogen-bond donors (Lipinski definition) is 1. The molecule has 3 heterocycles. The zero-order valence-corrected chi connectivity index (χ0v) is 15.0. The van der Waals surface area contributed by atoms with Crippen LogP contribution in [-0.4, -0.2) is 43.7 Å². The van der Waals surface area contributed by atoms with Crippen molar-refractivity contribution < 1.29 is 14.7 Å². The standard InChI is InChI=1S/C18H27N3O3/c1-10(2)9-20-12(4)14(11(3)19-20)8-17(22)21-13-5-6-16(21)15(7-13)18(23)24/h10,13,15-16H,5-9H2,1-4H3,(H,23,24). The lowest BCUT2D eigenvalue weighted by atomic mass is 9.89. The molecule has 0 aromatic carbocycles. The van der Waals surface area contributed by atoms with Crippen LogP contribution in [0.3, 0.4) is 0 Å². The molecule has 2 bridgehead atoms. The van der Waals surface area contributed by atoms with Gasteiger partial charge in [-0.05, 0) is 39.0 Å². The number of fused-ring (bicyclic) bond motifs is 2. The highest BCUT2D eigenvalue weighted by Crippen LogP contribution is 2.42. The van der Waals surface area contributed by atoms with Gasteiger partial charge < -0.3 is 10.0 Å². The number of aromatic nitrogens is 2. The molecule has 3 atom stereocenters. The predicted octanol–water partition coefficient (Wildman–Crippen LogP) is 2.16. The van der Waals surface area contributed by atoms with Gasteiger partial charge in [-0.3, -0.25) is 14.3 Å². The Kier molecular flexibility index (Phi) is 4.40. The zero-order valence-electron chi connectivity index (χ0n) is 15.0. The summed E-state index contributed by atoms with van der Waals surface area (Å²) >= 11 is 0. The lowest BCUT2D eigenvalue weighted by Gasteiger charge is -2.23. The highest BCUT2D eigenvalue weighted by molar-refractivity contribution is 5.82. The van der Waals surface area contributed by atoms with Gasteiger partial charge in [-0.15, -0.1) is 0 Å². The van der Waals surface area contributed by atoms with E-state index in [1.54, 1.807) is 0 Å². The van der Waals surface area contributed by atoms with E-state index in [0.717, 1.165) is 36.3 Å². The van der Waals surface area contributed by atoms with E-state index in [0.29, 0.717) is 18.8 Å². The first-order chi connectivity index (χ1) is 11.3. The molecule has 2 saturated heterocycles. The maximum absolute atomic E-state index is 12.9. The Morgan fingerprint density at radius 1 is 1.29 bits per heavy atom. The van der Waals surface area contributed by atoms with Crippen LogP contribution in [0.25, 0.3) is 0 Å². The van der Waals surface area contributed by atoms with Gasteiger partial charge in [-0.25, -0.2) is 0 Å². The van der Waals surface area contributed by atoms with E-state index in [-0.39, 0.29) is 18.0 Å². The van der Waals surface area contributed by atoms with Crippen LogP contribution in [0.5, 0.6) is 0 Å². The summed E-state index contributed by atoms with van der Waals surface area (Å²) in [7, 11) is 0. The Labute approximate surface area is 142 Å². The first-order valence-electron chi connectivity index (χ1n) is 8.86. The van der Waals surface area contributed by atoms with Crippen LogP contribution < -0.4 is 0 Å².